The lowest BCUT2D eigenvalue weighted by Gasteiger charge is -2.00. The smallest absolute Gasteiger partial charge is 0.259 e. The third-order valence-electron chi connectivity index (χ3n) is 1.48. The van der Waals surface area contributed by atoms with Crippen molar-refractivity contribution in [3.63, 3.8) is 0 Å². The van der Waals surface area contributed by atoms with Gasteiger partial charge in [0.15, 0.2) is 5.71 Å². The number of nitrogens with zero attached hydrogens (tertiary/aromatic N) is 2. The Balaban J connectivity index is 3.02. The quantitative estimate of drug-likeness (QED) is 0.421. The van der Waals surface area contributed by atoms with Crippen LogP contribution < -0.4 is 5.32 Å². The van der Waals surface area contributed by atoms with E-state index in [-0.39, 0.29) is 11.4 Å². The first-order valence-corrected chi connectivity index (χ1v) is 3.98. The van der Waals surface area contributed by atoms with Crippen LogP contribution in [-0.4, -0.2) is 30.5 Å². The molecule has 15 heavy (non-hydrogen) atoms. The zero-order chi connectivity index (χ0) is 11.1. The van der Waals surface area contributed by atoms with Crippen molar-refractivity contribution in [1.29, 1.82) is 0 Å². The van der Waals surface area contributed by atoms with Crippen LogP contribution >= 0.6 is 0 Å². The maximum absolute atomic E-state index is 10.5. The van der Waals surface area contributed by atoms with E-state index in [9.17, 15) is 9.59 Å². The highest BCUT2D eigenvalue weighted by atomic mass is 16.6. The lowest BCUT2D eigenvalue weighted by molar-refractivity contribution is -0.105. The molecular formula is C9H8N3O3. The molecule has 0 bridgehead atoms. The fraction of sp³-hybridized carbons (Fsp3) is 0.111. The zero-order valence-corrected chi connectivity index (χ0v) is 7.93. The second-order valence-electron chi connectivity index (χ2n) is 2.39. The van der Waals surface area contributed by atoms with Gasteiger partial charge in [-0.25, -0.2) is 4.98 Å². The summed E-state index contributed by atoms with van der Waals surface area (Å²) >= 11 is 0. The average Bonchev–Trinajstić information content (AvgIpc) is 2.27. The van der Waals surface area contributed by atoms with Crippen LogP contribution in [0.3, 0.4) is 0 Å². The van der Waals surface area contributed by atoms with Gasteiger partial charge in [0, 0.05) is 0 Å². The minimum absolute atomic E-state index is 0.0629. The van der Waals surface area contributed by atoms with Crippen molar-refractivity contribution in [1.82, 2.24) is 4.98 Å². The number of carbonyl (C=O) groups excluding carboxylic acids is 2. The van der Waals surface area contributed by atoms with Crippen molar-refractivity contribution in [2.24, 2.45) is 5.16 Å². The second-order valence-corrected chi connectivity index (χ2v) is 2.39. The predicted octanol–water partition coefficient (Wildman–Crippen LogP) is 0.110. The van der Waals surface area contributed by atoms with Crippen LogP contribution in [0.2, 0.25) is 0 Å². The molecule has 0 saturated carbocycles. The molecule has 0 saturated heterocycles. The van der Waals surface area contributed by atoms with Crippen molar-refractivity contribution in [3.05, 3.63) is 23.9 Å². The molecule has 0 fully saturated rings. The maximum Gasteiger partial charge on any atom is 0.259 e. The van der Waals surface area contributed by atoms with Crippen molar-refractivity contribution < 1.29 is 14.4 Å². The van der Waals surface area contributed by atoms with Crippen molar-refractivity contribution in [2.45, 2.75) is 0 Å². The normalized spacial score (nSPS) is 10.6. The third kappa shape index (κ3) is 2.87. The first-order chi connectivity index (χ1) is 7.31. The molecule has 1 amide bonds. The second kappa shape index (κ2) is 5.48. The van der Waals surface area contributed by atoms with Gasteiger partial charge in [0.1, 0.15) is 12.9 Å². The average molecular weight is 206 g/mol. The summed E-state index contributed by atoms with van der Waals surface area (Å²) in [4.78, 5) is 29.0. The minimum Gasteiger partial charge on any atom is -0.398 e. The molecule has 0 aliphatic heterocycles. The third-order valence-corrected chi connectivity index (χ3v) is 1.48. The van der Waals surface area contributed by atoms with E-state index in [0.717, 1.165) is 0 Å². The number of amides is 1. The number of aromatic nitrogens is 1. The molecule has 0 unspecified atom stereocenters. The van der Waals surface area contributed by atoms with E-state index >= 15 is 0 Å². The van der Waals surface area contributed by atoms with Crippen molar-refractivity contribution >= 4 is 24.2 Å². The van der Waals surface area contributed by atoms with Gasteiger partial charge in [-0.2, -0.15) is 0 Å². The highest BCUT2D eigenvalue weighted by Gasteiger charge is 2.06. The van der Waals surface area contributed by atoms with Gasteiger partial charge in [0.05, 0.1) is 5.69 Å². The van der Waals surface area contributed by atoms with Gasteiger partial charge in [-0.3, -0.25) is 9.59 Å². The molecule has 0 aliphatic carbocycles. The number of hydrogen-bond acceptors (Lipinski definition) is 5. The van der Waals surface area contributed by atoms with Crippen LogP contribution in [0.25, 0.3) is 0 Å². The first-order valence-electron chi connectivity index (χ1n) is 3.98. The molecule has 0 spiro atoms. The highest BCUT2D eigenvalue weighted by Crippen LogP contribution is 2.04. The molecule has 1 aromatic rings. The molecule has 1 radical (unpaired) electrons. The molecular weight excluding hydrogens is 198 g/mol. The summed E-state index contributed by atoms with van der Waals surface area (Å²) in [6.07, 6.45) is 2.07. The zero-order valence-electron chi connectivity index (χ0n) is 7.93. The van der Waals surface area contributed by atoms with E-state index in [1.165, 1.54) is 7.11 Å². The summed E-state index contributed by atoms with van der Waals surface area (Å²) in [7, 11) is 1.31. The fourth-order valence-corrected chi connectivity index (χ4v) is 0.916. The number of rotatable bonds is 5. The monoisotopic (exact) mass is 206 g/mol. The van der Waals surface area contributed by atoms with E-state index in [0.29, 0.717) is 12.2 Å². The summed E-state index contributed by atoms with van der Waals surface area (Å²) < 4.78 is 0. The number of oxime groups is 1. The number of nitrogens with one attached hydrogen (secondary N) is 1. The number of pyridine rings is 1. The lowest BCUT2D eigenvalue weighted by Crippen LogP contribution is -2.07. The van der Waals surface area contributed by atoms with Crippen LogP contribution in [0.15, 0.2) is 23.4 Å². The van der Waals surface area contributed by atoms with E-state index in [1.54, 1.807) is 24.5 Å². The van der Waals surface area contributed by atoms with Crippen LogP contribution in [0, 0.1) is 0 Å². The summed E-state index contributed by atoms with van der Waals surface area (Å²) in [6, 6.07) is 4.75. The Morgan fingerprint density at radius 2 is 2.47 bits per heavy atom. The van der Waals surface area contributed by atoms with Gasteiger partial charge in [0.25, 0.3) is 6.29 Å². The Morgan fingerprint density at radius 3 is 3.07 bits per heavy atom. The summed E-state index contributed by atoms with van der Waals surface area (Å²) in [5, 5.41) is 5.78. The summed E-state index contributed by atoms with van der Waals surface area (Å²) in [6.45, 7) is 0. The molecule has 6 nitrogen and oxygen atoms in total. The van der Waals surface area contributed by atoms with E-state index < -0.39 is 0 Å². The Morgan fingerprint density at radius 1 is 1.67 bits per heavy atom. The first kappa shape index (κ1) is 10.8. The molecule has 1 N–H and O–H groups in total. The fourth-order valence-electron chi connectivity index (χ4n) is 0.916. The highest BCUT2D eigenvalue weighted by molar-refractivity contribution is 6.35. The summed E-state index contributed by atoms with van der Waals surface area (Å²) in [5.41, 5.74) is 0.214. The number of hydrogen-bond donors (Lipinski definition) is 1. The molecule has 77 valence electrons. The Hall–Kier alpha value is -2.24. The topological polar surface area (TPSA) is 80.6 Å². The number of anilines is 1. The van der Waals surface area contributed by atoms with Crippen molar-refractivity contribution in [2.75, 3.05) is 12.4 Å². The van der Waals surface area contributed by atoms with E-state index in [1.807, 2.05) is 0 Å². The van der Waals surface area contributed by atoms with Crippen LogP contribution in [0.5, 0.6) is 0 Å². The Kier molecular flexibility index (Phi) is 3.96. The van der Waals surface area contributed by atoms with Gasteiger partial charge in [-0.15, -0.1) is 0 Å². The van der Waals surface area contributed by atoms with Crippen LogP contribution in [0.1, 0.15) is 5.69 Å². The maximum atomic E-state index is 10.5. The molecule has 6 heteroatoms. The van der Waals surface area contributed by atoms with Gasteiger partial charge >= 0.3 is 0 Å². The SMILES string of the molecule is CON=C([C]=O)c1cccc(NC=O)n1. The molecule has 0 aromatic carbocycles. The number of carbonyl (C=O) groups is 1. The van der Waals surface area contributed by atoms with Crippen LogP contribution in [-0.2, 0) is 14.4 Å². The van der Waals surface area contributed by atoms with Gasteiger partial charge in [-0.1, -0.05) is 11.2 Å². The predicted molar refractivity (Wildman–Crippen MR) is 53.2 cm³/mol. The van der Waals surface area contributed by atoms with Gasteiger partial charge in [-0.05, 0) is 12.1 Å². The van der Waals surface area contributed by atoms with E-state index in [2.05, 4.69) is 20.3 Å². The molecule has 0 atom stereocenters. The van der Waals surface area contributed by atoms with Gasteiger partial charge in [0.2, 0.25) is 6.41 Å². The van der Waals surface area contributed by atoms with Crippen LogP contribution in [0.4, 0.5) is 5.82 Å². The molecule has 1 heterocycles. The Bertz CT molecular complexity index is 390. The summed E-state index contributed by atoms with van der Waals surface area (Å²) in [5.74, 6) is 0.321. The largest absolute Gasteiger partial charge is 0.398 e. The molecule has 0 aliphatic rings. The van der Waals surface area contributed by atoms with Gasteiger partial charge < -0.3 is 10.2 Å². The molecule has 1 rings (SSSR count). The Labute approximate surface area is 85.9 Å². The standard InChI is InChI=1S/C9H8N3O3/c1-15-12-8(5-13)7-3-2-4-9(11-7)10-6-14/h2-4,6H,1H3,(H,10,11,14). The van der Waals surface area contributed by atoms with E-state index in [4.69, 9.17) is 0 Å². The minimum atomic E-state index is -0.0629. The molecule has 1 aromatic heterocycles. The van der Waals surface area contributed by atoms with Crippen molar-refractivity contribution in [3.8, 4) is 0 Å². The lowest BCUT2D eigenvalue weighted by atomic mass is 10.2.